The van der Waals surface area contributed by atoms with Crippen molar-refractivity contribution in [2.24, 2.45) is 0 Å². The topological polar surface area (TPSA) is 24.9 Å². The predicted molar refractivity (Wildman–Crippen MR) is 91.0 cm³/mol. The van der Waals surface area contributed by atoms with Crippen LogP contribution < -0.4 is 0 Å². The van der Waals surface area contributed by atoms with Gasteiger partial charge in [-0.05, 0) is 41.5 Å². The first kappa shape index (κ1) is 20.8. The predicted octanol–water partition coefficient (Wildman–Crippen LogP) is 2.87. The van der Waals surface area contributed by atoms with Gasteiger partial charge in [0.1, 0.15) is 0 Å². The van der Waals surface area contributed by atoms with Gasteiger partial charge in [0.15, 0.2) is 0 Å². The van der Waals surface area contributed by atoms with Gasteiger partial charge in [-0.1, -0.05) is 7.43 Å². The van der Waals surface area contributed by atoms with Gasteiger partial charge in [0.2, 0.25) is 0 Å². The molecule has 0 unspecified atom stereocenters. The molecule has 1 heterocycles. The molecule has 0 radical (unpaired) electrons. The van der Waals surface area contributed by atoms with Crippen LogP contribution in [-0.2, 0) is 9.47 Å². The minimum absolute atomic E-state index is 0. The fourth-order valence-corrected chi connectivity index (χ4v) is 2.20. The Morgan fingerprint density at radius 1 is 0.667 bits per heavy atom. The number of piperazine rings is 1. The average Bonchev–Trinajstić information content (AvgIpc) is 2.28. The van der Waals surface area contributed by atoms with Crippen molar-refractivity contribution >= 4 is 0 Å². The minimum Gasteiger partial charge on any atom is -0.375 e. The molecule has 1 fully saturated rings. The van der Waals surface area contributed by atoms with Crippen molar-refractivity contribution in [2.75, 3.05) is 52.5 Å². The molecule has 1 aliphatic heterocycles. The summed E-state index contributed by atoms with van der Waals surface area (Å²) in [5.41, 5.74) is -0.0434. The average molecular weight is 303 g/mol. The van der Waals surface area contributed by atoms with Crippen molar-refractivity contribution < 1.29 is 9.47 Å². The van der Waals surface area contributed by atoms with Crippen molar-refractivity contribution in [3.63, 3.8) is 0 Å². The standard InChI is InChI=1S/C16H34N2O2.CH4/c1-15(2,3)19-13-11-17-7-9-18(10-8-17)12-14-20-16(4,5)6;/h7-14H2,1-6H3;1H4. The summed E-state index contributed by atoms with van der Waals surface area (Å²) in [5.74, 6) is 0. The molecule has 0 aromatic rings. The van der Waals surface area contributed by atoms with Crippen LogP contribution in [0.3, 0.4) is 0 Å². The first-order chi connectivity index (χ1) is 9.16. The highest BCUT2D eigenvalue weighted by molar-refractivity contribution is 4.72. The molecule has 4 heteroatoms. The Morgan fingerprint density at radius 3 is 1.19 bits per heavy atom. The molecule has 0 amide bonds. The second-order valence-corrected chi connectivity index (χ2v) is 7.60. The Morgan fingerprint density at radius 2 is 0.952 bits per heavy atom. The summed E-state index contributed by atoms with van der Waals surface area (Å²) in [6, 6.07) is 0. The lowest BCUT2D eigenvalue weighted by molar-refractivity contribution is -0.0280. The molecule has 1 aliphatic rings. The van der Waals surface area contributed by atoms with E-state index in [1.165, 1.54) is 0 Å². The van der Waals surface area contributed by atoms with Crippen LogP contribution in [0.1, 0.15) is 49.0 Å². The van der Waals surface area contributed by atoms with Gasteiger partial charge in [-0.25, -0.2) is 0 Å². The molecule has 0 aliphatic carbocycles. The highest BCUT2D eigenvalue weighted by atomic mass is 16.5. The van der Waals surface area contributed by atoms with Crippen molar-refractivity contribution in [1.82, 2.24) is 9.80 Å². The summed E-state index contributed by atoms with van der Waals surface area (Å²) in [6.07, 6.45) is 0. The quantitative estimate of drug-likeness (QED) is 0.753. The number of nitrogens with zero attached hydrogens (tertiary/aromatic N) is 2. The largest absolute Gasteiger partial charge is 0.375 e. The highest BCUT2D eigenvalue weighted by Crippen LogP contribution is 2.09. The van der Waals surface area contributed by atoms with E-state index in [2.05, 4.69) is 51.3 Å². The Kier molecular flexibility index (Phi) is 9.02. The molecule has 0 N–H and O–H groups in total. The lowest BCUT2D eigenvalue weighted by Gasteiger charge is -2.35. The van der Waals surface area contributed by atoms with Gasteiger partial charge >= 0.3 is 0 Å². The zero-order chi connectivity index (χ0) is 15.2. The second-order valence-electron chi connectivity index (χ2n) is 7.60. The van der Waals surface area contributed by atoms with E-state index in [-0.39, 0.29) is 18.6 Å². The molecule has 21 heavy (non-hydrogen) atoms. The summed E-state index contributed by atoms with van der Waals surface area (Å²) < 4.78 is 11.6. The van der Waals surface area contributed by atoms with Crippen molar-refractivity contribution in [3.05, 3.63) is 0 Å². The number of rotatable bonds is 6. The first-order valence-electron chi connectivity index (χ1n) is 7.88. The maximum absolute atomic E-state index is 5.79. The highest BCUT2D eigenvalue weighted by Gasteiger charge is 2.18. The van der Waals surface area contributed by atoms with Crippen molar-refractivity contribution in [2.45, 2.75) is 60.2 Å². The van der Waals surface area contributed by atoms with Gasteiger partial charge < -0.3 is 9.47 Å². The molecule has 1 saturated heterocycles. The zero-order valence-electron chi connectivity index (χ0n) is 14.4. The van der Waals surface area contributed by atoms with Gasteiger partial charge in [-0.15, -0.1) is 0 Å². The molecule has 0 atom stereocenters. The molecule has 128 valence electrons. The van der Waals surface area contributed by atoms with Crippen LogP contribution in [0.15, 0.2) is 0 Å². The summed E-state index contributed by atoms with van der Waals surface area (Å²) in [6.45, 7) is 21.0. The smallest absolute Gasteiger partial charge is 0.0600 e. The van der Waals surface area contributed by atoms with Crippen LogP contribution in [-0.4, -0.2) is 73.5 Å². The second kappa shape index (κ2) is 9.09. The Balaban J connectivity index is 0.00000400. The van der Waals surface area contributed by atoms with E-state index >= 15 is 0 Å². The molecule has 4 nitrogen and oxygen atoms in total. The fraction of sp³-hybridized carbons (Fsp3) is 1.00. The van der Waals surface area contributed by atoms with Crippen LogP contribution in [0, 0.1) is 0 Å². The summed E-state index contributed by atoms with van der Waals surface area (Å²) in [7, 11) is 0. The van der Waals surface area contributed by atoms with Crippen LogP contribution in [0.25, 0.3) is 0 Å². The Hall–Kier alpha value is -0.160. The molecule has 0 aromatic heterocycles. The number of ether oxygens (including phenoxy) is 2. The van der Waals surface area contributed by atoms with Crippen LogP contribution >= 0.6 is 0 Å². The van der Waals surface area contributed by atoms with Crippen LogP contribution in [0.2, 0.25) is 0 Å². The van der Waals surface area contributed by atoms with Gasteiger partial charge in [0, 0.05) is 39.3 Å². The van der Waals surface area contributed by atoms with E-state index in [1.54, 1.807) is 0 Å². The van der Waals surface area contributed by atoms with Crippen molar-refractivity contribution in [1.29, 1.82) is 0 Å². The summed E-state index contributed by atoms with van der Waals surface area (Å²) in [4.78, 5) is 4.99. The molecule has 0 aromatic carbocycles. The SMILES string of the molecule is C.CC(C)(C)OCCN1CCN(CCOC(C)(C)C)CC1. The van der Waals surface area contributed by atoms with Gasteiger partial charge in [0.05, 0.1) is 24.4 Å². The van der Waals surface area contributed by atoms with Gasteiger partial charge in [-0.2, -0.15) is 0 Å². The zero-order valence-corrected chi connectivity index (χ0v) is 14.4. The Bertz CT molecular complexity index is 233. The molecular formula is C17H38N2O2. The van der Waals surface area contributed by atoms with Gasteiger partial charge in [-0.3, -0.25) is 9.80 Å². The van der Waals surface area contributed by atoms with Crippen molar-refractivity contribution in [3.8, 4) is 0 Å². The lowest BCUT2D eigenvalue weighted by Crippen LogP contribution is -2.48. The van der Waals surface area contributed by atoms with E-state index < -0.39 is 0 Å². The van der Waals surface area contributed by atoms with E-state index in [0.29, 0.717) is 0 Å². The lowest BCUT2D eigenvalue weighted by atomic mass is 10.2. The van der Waals surface area contributed by atoms with E-state index in [1.807, 2.05) is 0 Å². The van der Waals surface area contributed by atoms with E-state index in [4.69, 9.17) is 9.47 Å². The third-order valence-corrected chi connectivity index (χ3v) is 3.35. The molecule has 0 bridgehead atoms. The van der Waals surface area contributed by atoms with Crippen LogP contribution in [0.4, 0.5) is 0 Å². The molecular weight excluding hydrogens is 264 g/mol. The number of hydrogen-bond donors (Lipinski definition) is 0. The van der Waals surface area contributed by atoms with E-state index in [9.17, 15) is 0 Å². The summed E-state index contributed by atoms with van der Waals surface area (Å²) in [5, 5.41) is 0. The monoisotopic (exact) mass is 302 g/mol. The fourth-order valence-electron chi connectivity index (χ4n) is 2.20. The number of hydrogen-bond acceptors (Lipinski definition) is 4. The third-order valence-electron chi connectivity index (χ3n) is 3.35. The minimum atomic E-state index is -0.0217. The Labute approximate surface area is 132 Å². The first-order valence-corrected chi connectivity index (χ1v) is 7.88. The normalized spacial score (nSPS) is 18.6. The van der Waals surface area contributed by atoms with E-state index in [0.717, 1.165) is 52.5 Å². The third kappa shape index (κ3) is 11.1. The maximum atomic E-state index is 5.79. The molecule has 0 spiro atoms. The van der Waals surface area contributed by atoms with Gasteiger partial charge in [0.25, 0.3) is 0 Å². The van der Waals surface area contributed by atoms with Crippen LogP contribution in [0.5, 0.6) is 0 Å². The molecule has 1 rings (SSSR count). The summed E-state index contributed by atoms with van der Waals surface area (Å²) >= 11 is 0. The maximum Gasteiger partial charge on any atom is 0.0600 e. The molecule has 0 saturated carbocycles.